The molecule has 21 heavy (non-hydrogen) atoms. The molecule has 8 heteroatoms. The van der Waals surface area contributed by atoms with E-state index in [-0.39, 0.29) is 23.2 Å². The molecule has 7 nitrogen and oxygen atoms in total. The van der Waals surface area contributed by atoms with Crippen molar-refractivity contribution in [3.63, 3.8) is 0 Å². The molecule has 0 aromatic carbocycles. The lowest BCUT2D eigenvalue weighted by atomic mass is 10.2. The van der Waals surface area contributed by atoms with Gasteiger partial charge in [0.1, 0.15) is 10.7 Å². The highest BCUT2D eigenvalue weighted by molar-refractivity contribution is 6.32. The first-order valence-electron chi connectivity index (χ1n) is 6.57. The van der Waals surface area contributed by atoms with Crippen molar-refractivity contribution in [3.8, 4) is 0 Å². The Morgan fingerprint density at radius 1 is 1.43 bits per heavy atom. The normalized spacial score (nSPS) is 11.1. The SMILES string of the molecule is Cc1noc(COC(=O)c2c(C)nn(CC(C)C)c2Cl)n1. The number of carbonyl (C=O) groups is 1. The van der Waals surface area contributed by atoms with E-state index in [1.54, 1.807) is 18.5 Å². The van der Waals surface area contributed by atoms with E-state index < -0.39 is 5.97 Å². The van der Waals surface area contributed by atoms with Gasteiger partial charge in [0.15, 0.2) is 12.4 Å². The summed E-state index contributed by atoms with van der Waals surface area (Å²) in [5.74, 6) is 0.541. The van der Waals surface area contributed by atoms with Crippen LogP contribution in [0.4, 0.5) is 0 Å². The fourth-order valence-corrected chi connectivity index (χ4v) is 2.17. The molecule has 0 N–H and O–H groups in total. The smallest absolute Gasteiger partial charge is 0.343 e. The number of esters is 1. The molecule has 2 aromatic heterocycles. The molecule has 0 aliphatic rings. The van der Waals surface area contributed by atoms with Gasteiger partial charge in [0, 0.05) is 6.54 Å². The monoisotopic (exact) mass is 312 g/mol. The third-order valence-corrected chi connectivity index (χ3v) is 3.09. The Labute approximate surface area is 127 Å². The molecule has 0 atom stereocenters. The average Bonchev–Trinajstić information content (AvgIpc) is 2.91. The summed E-state index contributed by atoms with van der Waals surface area (Å²) in [7, 11) is 0. The molecule has 2 rings (SSSR count). The molecular weight excluding hydrogens is 296 g/mol. The Balaban J connectivity index is 2.10. The summed E-state index contributed by atoms with van der Waals surface area (Å²) in [5, 5.41) is 8.17. The molecule has 0 fully saturated rings. The lowest BCUT2D eigenvalue weighted by Gasteiger charge is -2.06. The van der Waals surface area contributed by atoms with Crippen LogP contribution in [0.15, 0.2) is 4.52 Å². The van der Waals surface area contributed by atoms with Gasteiger partial charge in [-0.05, 0) is 19.8 Å². The molecular formula is C13H17ClN4O3. The summed E-state index contributed by atoms with van der Waals surface area (Å²) in [5.41, 5.74) is 0.806. The first-order valence-corrected chi connectivity index (χ1v) is 6.95. The first-order chi connectivity index (χ1) is 9.88. The number of ether oxygens (including phenoxy) is 1. The molecule has 0 aliphatic carbocycles. The number of rotatable bonds is 5. The number of aryl methyl sites for hydroxylation is 2. The van der Waals surface area contributed by atoms with Crippen LogP contribution in [0.2, 0.25) is 5.15 Å². The van der Waals surface area contributed by atoms with Gasteiger partial charge in [-0.3, -0.25) is 4.68 Å². The second-order valence-corrected chi connectivity index (χ2v) is 5.50. The van der Waals surface area contributed by atoms with Gasteiger partial charge in [-0.25, -0.2) is 4.79 Å². The molecule has 2 heterocycles. The Bertz CT molecular complexity index is 648. The zero-order valence-electron chi connectivity index (χ0n) is 12.4. The Kier molecular flexibility index (Phi) is 4.62. The van der Waals surface area contributed by atoms with Gasteiger partial charge in [-0.1, -0.05) is 30.6 Å². The second-order valence-electron chi connectivity index (χ2n) is 5.14. The summed E-state index contributed by atoms with van der Waals surface area (Å²) in [6.45, 7) is 8.04. The van der Waals surface area contributed by atoms with Crippen molar-refractivity contribution in [1.29, 1.82) is 0 Å². The number of halogens is 1. The third kappa shape index (κ3) is 3.60. The van der Waals surface area contributed by atoms with Crippen molar-refractivity contribution in [2.24, 2.45) is 5.92 Å². The highest BCUT2D eigenvalue weighted by Gasteiger charge is 2.22. The van der Waals surface area contributed by atoms with Crippen molar-refractivity contribution in [3.05, 3.63) is 28.1 Å². The predicted octanol–water partition coefficient (Wildman–Crippen LogP) is 2.55. The fourth-order valence-electron chi connectivity index (χ4n) is 1.85. The topological polar surface area (TPSA) is 83.0 Å². The molecule has 0 saturated heterocycles. The maximum absolute atomic E-state index is 12.1. The van der Waals surface area contributed by atoms with Gasteiger partial charge in [-0.15, -0.1) is 0 Å². The molecule has 0 saturated carbocycles. The summed E-state index contributed by atoms with van der Waals surface area (Å²) in [6, 6.07) is 0. The van der Waals surface area contributed by atoms with E-state index in [1.165, 1.54) is 0 Å². The van der Waals surface area contributed by atoms with Crippen LogP contribution in [0.3, 0.4) is 0 Å². The van der Waals surface area contributed by atoms with Crippen molar-refractivity contribution in [1.82, 2.24) is 19.9 Å². The number of hydrogen-bond donors (Lipinski definition) is 0. The van der Waals surface area contributed by atoms with Gasteiger partial charge >= 0.3 is 5.97 Å². The molecule has 0 aliphatic heterocycles. The standard InChI is InChI=1S/C13H17ClN4O3/c1-7(2)5-18-12(14)11(8(3)16-18)13(19)20-6-10-15-9(4)17-21-10/h7H,5-6H2,1-4H3. The number of aromatic nitrogens is 4. The fraction of sp³-hybridized carbons (Fsp3) is 0.538. The summed E-state index contributed by atoms with van der Waals surface area (Å²) < 4.78 is 11.6. The third-order valence-electron chi connectivity index (χ3n) is 2.70. The van der Waals surface area contributed by atoms with Crippen LogP contribution in [-0.4, -0.2) is 25.9 Å². The quantitative estimate of drug-likeness (QED) is 0.789. The van der Waals surface area contributed by atoms with Crippen LogP contribution in [-0.2, 0) is 17.9 Å². The van der Waals surface area contributed by atoms with Gasteiger partial charge in [-0.2, -0.15) is 10.1 Å². The lowest BCUT2D eigenvalue weighted by Crippen LogP contribution is -2.08. The summed E-state index contributed by atoms with van der Waals surface area (Å²) in [6.07, 6.45) is 0. The van der Waals surface area contributed by atoms with E-state index >= 15 is 0 Å². The predicted molar refractivity (Wildman–Crippen MR) is 75.0 cm³/mol. The highest BCUT2D eigenvalue weighted by Crippen LogP contribution is 2.22. The lowest BCUT2D eigenvalue weighted by molar-refractivity contribution is 0.0429. The van der Waals surface area contributed by atoms with E-state index in [0.717, 1.165) is 0 Å². The van der Waals surface area contributed by atoms with Crippen molar-refractivity contribution >= 4 is 17.6 Å². The van der Waals surface area contributed by atoms with E-state index in [1.807, 2.05) is 13.8 Å². The van der Waals surface area contributed by atoms with Crippen LogP contribution >= 0.6 is 11.6 Å². The minimum atomic E-state index is -0.552. The number of carbonyl (C=O) groups excluding carboxylic acids is 1. The van der Waals surface area contributed by atoms with Crippen LogP contribution < -0.4 is 0 Å². The van der Waals surface area contributed by atoms with E-state index in [4.69, 9.17) is 20.9 Å². The molecule has 0 spiro atoms. The minimum Gasteiger partial charge on any atom is -0.452 e. The second kappa shape index (κ2) is 6.26. The molecule has 0 unspecified atom stereocenters. The Morgan fingerprint density at radius 2 is 2.14 bits per heavy atom. The molecule has 0 amide bonds. The van der Waals surface area contributed by atoms with Crippen LogP contribution in [0.5, 0.6) is 0 Å². The van der Waals surface area contributed by atoms with Crippen LogP contribution in [0, 0.1) is 19.8 Å². The van der Waals surface area contributed by atoms with Crippen LogP contribution in [0.1, 0.15) is 41.6 Å². The van der Waals surface area contributed by atoms with Gasteiger partial charge < -0.3 is 9.26 Å². The van der Waals surface area contributed by atoms with Gasteiger partial charge in [0.05, 0.1) is 5.69 Å². The van der Waals surface area contributed by atoms with E-state index in [2.05, 4.69) is 15.2 Å². The van der Waals surface area contributed by atoms with E-state index in [9.17, 15) is 4.79 Å². The maximum Gasteiger partial charge on any atom is 0.343 e. The van der Waals surface area contributed by atoms with Crippen molar-refractivity contribution in [2.75, 3.05) is 0 Å². The van der Waals surface area contributed by atoms with E-state index in [0.29, 0.717) is 24.0 Å². The highest BCUT2D eigenvalue weighted by atomic mass is 35.5. The Hall–Kier alpha value is -1.89. The molecule has 0 bridgehead atoms. The number of hydrogen-bond acceptors (Lipinski definition) is 6. The Morgan fingerprint density at radius 3 is 2.71 bits per heavy atom. The molecule has 2 aromatic rings. The minimum absolute atomic E-state index is 0.0925. The number of nitrogens with zero attached hydrogens (tertiary/aromatic N) is 4. The van der Waals surface area contributed by atoms with Crippen molar-refractivity contribution in [2.45, 2.75) is 40.8 Å². The largest absolute Gasteiger partial charge is 0.452 e. The first kappa shape index (κ1) is 15.5. The summed E-state index contributed by atoms with van der Waals surface area (Å²) in [4.78, 5) is 16.1. The average molecular weight is 313 g/mol. The maximum atomic E-state index is 12.1. The zero-order chi connectivity index (χ0) is 15.6. The summed E-state index contributed by atoms with van der Waals surface area (Å²) >= 11 is 6.20. The van der Waals surface area contributed by atoms with Gasteiger partial charge in [0.2, 0.25) is 0 Å². The zero-order valence-corrected chi connectivity index (χ0v) is 13.1. The van der Waals surface area contributed by atoms with Crippen LogP contribution in [0.25, 0.3) is 0 Å². The molecule has 114 valence electrons. The van der Waals surface area contributed by atoms with Gasteiger partial charge in [0.25, 0.3) is 5.89 Å². The van der Waals surface area contributed by atoms with Crippen molar-refractivity contribution < 1.29 is 14.1 Å². The molecule has 0 radical (unpaired) electrons.